The summed E-state index contributed by atoms with van der Waals surface area (Å²) in [6.07, 6.45) is 3.22. The van der Waals surface area contributed by atoms with E-state index in [9.17, 15) is 9.59 Å². The van der Waals surface area contributed by atoms with Crippen molar-refractivity contribution in [3.8, 4) is 0 Å². The maximum absolute atomic E-state index is 11.8. The number of hydrogen-bond donors (Lipinski definition) is 3. The van der Waals surface area contributed by atoms with Crippen LogP contribution in [0.15, 0.2) is 0 Å². The number of methoxy groups -OCH3 is 1. The van der Waals surface area contributed by atoms with Gasteiger partial charge in [-0.1, -0.05) is 26.7 Å². The molecule has 0 spiro atoms. The molecule has 110 valence electrons. The lowest BCUT2D eigenvalue weighted by molar-refractivity contribution is -0.140. The first-order valence-corrected chi connectivity index (χ1v) is 6.74. The van der Waals surface area contributed by atoms with Crippen molar-refractivity contribution in [2.24, 2.45) is 11.8 Å². The van der Waals surface area contributed by atoms with Gasteiger partial charge in [0, 0.05) is 13.2 Å². The first kappa shape index (κ1) is 15.8. The molecular weight excluding hydrogens is 248 g/mol. The van der Waals surface area contributed by atoms with Crippen LogP contribution < -0.4 is 10.6 Å². The molecule has 1 rings (SSSR count). The minimum atomic E-state index is -1.10. The van der Waals surface area contributed by atoms with Crippen LogP contribution >= 0.6 is 0 Å². The Bertz CT molecular complexity index is 322. The van der Waals surface area contributed by atoms with E-state index in [4.69, 9.17) is 9.84 Å². The number of rotatable bonds is 5. The zero-order valence-corrected chi connectivity index (χ0v) is 11.8. The van der Waals surface area contributed by atoms with Gasteiger partial charge in [0.1, 0.15) is 0 Å². The number of hydrogen-bond acceptors (Lipinski definition) is 3. The molecule has 1 fully saturated rings. The van der Waals surface area contributed by atoms with Crippen molar-refractivity contribution in [2.75, 3.05) is 13.7 Å². The van der Waals surface area contributed by atoms with Crippen molar-refractivity contribution in [3.05, 3.63) is 0 Å². The van der Waals surface area contributed by atoms with Gasteiger partial charge in [0.2, 0.25) is 0 Å². The molecule has 0 bridgehead atoms. The largest absolute Gasteiger partial charge is 0.480 e. The topological polar surface area (TPSA) is 87.7 Å². The molecule has 1 aliphatic rings. The summed E-state index contributed by atoms with van der Waals surface area (Å²) in [5.41, 5.74) is 0. The number of ether oxygens (including phenoxy) is 1. The van der Waals surface area contributed by atoms with Crippen LogP contribution in [0.3, 0.4) is 0 Å². The summed E-state index contributed by atoms with van der Waals surface area (Å²) in [6.45, 7) is 4.26. The zero-order chi connectivity index (χ0) is 14.4. The van der Waals surface area contributed by atoms with Crippen LogP contribution in [0, 0.1) is 11.8 Å². The quantitative estimate of drug-likeness (QED) is 0.702. The van der Waals surface area contributed by atoms with Crippen LogP contribution in [0.1, 0.15) is 33.1 Å². The molecule has 0 aliphatic heterocycles. The molecule has 3 N–H and O–H groups in total. The summed E-state index contributed by atoms with van der Waals surface area (Å²) < 4.78 is 4.77. The molecule has 1 saturated carbocycles. The zero-order valence-electron chi connectivity index (χ0n) is 11.8. The first-order chi connectivity index (χ1) is 8.95. The van der Waals surface area contributed by atoms with Gasteiger partial charge in [0.05, 0.1) is 6.61 Å². The normalized spacial score (nSPS) is 28.5. The molecule has 6 heteroatoms. The highest BCUT2D eigenvalue weighted by Gasteiger charge is 2.29. The summed E-state index contributed by atoms with van der Waals surface area (Å²) >= 11 is 0. The molecule has 4 atom stereocenters. The molecule has 0 saturated heterocycles. The van der Waals surface area contributed by atoms with E-state index in [1.54, 1.807) is 0 Å². The van der Waals surface area contributed by atoms with Gasteiger partial charge in [0.15, 0.2) is 6.04 Å². The summed E-state index contributed by atoms with van der Waals surface area (Å²) in [5, 5.41) is 14.2. The van der Waals surface area contributed by atoms with Gasteiger partial charge in [-0.3, -0.25) is 0 Å². The van der Waals surface area contributed by atoms with Gasteiger partial charge in [-0.05, 0) is 18.3 Å². The van der Waals surface area contributed by atoms with Crippen LogP contribution in [-0.2, 0) is 9.53 Å². The van der Waals surface area contributed by atoms with Gasteiger partial charge in [0.25, 0.3) is 0 Å². The minimum Gasteiger partial charge on any atom is -0.480 e. The van der Waals surface area contributed by atoms with Crippen molar-refractivity contribution >= 4 is 12.0 Å². The Balaban J connectivity index is 2.47. The van der Waals surface area contributed by atoms with Crippen LogP contribution in [0.5, 0.6) is 0 Å². The number of carbonyl (C=O) groups excluding carboxylic acids is 1. The second-order valence-electron chi connectivity index (χ2n) is 5.34. The third-order valence-corrected chi connectivity index (χ3v) is 3.96. The molecule has 1 aliphatic carbocycles. The number of carboxylic acid groups (broad SMARTS) is 1. The molecule has 0 aromatic carbocycles. The SMILES string of the molecule is COCC(NC(=O)NC1CCCC(C)C1C)C(=O)O. The predicted octanol–water partition coefficient (Wildman–Crippen LogP) is 1.21. The van der Waals surface area contributed by atoms with Gasteiger partial charge in [-0.2, -0.15) is 0 Å². The van der Waals surface area contributed by atoms with Crippen molar-refractivity contribution in [1.82, 2.24) is 10.6 Å². The maximum Gasteiger partial charge on any atom is 0.328 e. The van der Waals surface area contributed by atoms with Gasteiger partial charge < -0.3 is 20.5 Å². The highest BCUT2D eigenvalue weighted by atomic mass is 16.5. The Morgan fingerprint density at radius 2 is 2.05 bits per heavy atom. The van der Waals surface area contributed by atoms with Crippen LogP contribution in [0.25, 0.3) is 0 Å². The Kier molecular flexibility index (Phi) is 6.08. The molecule has 2 amide bonds. The van der Waals surface area contributed by atoms with Gasteiger partial charge >= 0.3 is 12.0 Å². The lowest BCUT2D eigenvalue weighted by Gasteiger charge is -2.34. The van der Waals surface area contributed by atoms with E-state index in [0.29, 0.717) is 11.8 Å². The molecule has 19 heavy (non-hydrogen) atoms. The Labute approximate surface area is 113 Å². The molecule has 4 unspecified atom stereocenters. The van der Waals surface area contributed by atoms with Crippen LogP contribution in [0.4, 0.5) is 4.79 Å². The standard InChI is InChI=1S/C13H24N2O4/c1-8-5-4-6-10(9(8)2)14-13(18)15-11(7-19-3)12(16)17/h8-11H,4-7H2,1-3H3,(H,16,17)(H2,14,15,18). The van der Waals surface area contributed by atoms with Crippen molar-refractivity contribution in [1.29, 1.82) is 0 Å². The fourth-order valence-electron chi connectivity index (χ4n) is 2.50. The fourth-order valence-corrected chi connectivity index (χ4v) is 2.50. The number of carboxylic acids is 1. The number of urea groups is 1. The molecule has 0 aromatic rings. The van der Waals surface area contributed by atoms with Gasteiger partial charge in [-0.25, -0.2) is 9.59 Å². The molecule has 6 nitrogen and oxygen atoms in total. The Morgan fingerprint density at radius 1 is 1.37 bits per heavy atom. The Hall–Kier alpha value is -1.30. The summed E-state index contributed by atoms with van der Waals surface area (Å²) in [5.74, 6) is -0.111. The van der Waals surface area contributed by atoms with Crippen molar-refractivity contribution in [2.45, 2.75) is 45.2 Å². The number of carbonyl (C=O) groups is 2. The van der Waals surface area contributed by atoms with E-state index in [2.05, 4.69) is 24.5 Å². The van der Waals surface area contributed by atoms with E-state index in [1.807, 2.05) is 0 Å². The fraction of sp³-hybridized carbons (Fsp3) is 0.846. The summed E-state index contributed by atoms with van der Waals surface area (Å²) in [4.78, 5) is 22.7. The Morgan fingerprint density at radius 3 is 2.63 bits per heavy atom. The molecule has 0 aromatic heterocycles. The second kappa shape index (κ2) is 7.33. The van der Waals surface area contributed by atoms with E-state index < -0.39 is 18.0 Å². The predicted molar refractivity (Wildman–Crippen MR) is 70.9 cm³/mol. The lowest BCUT2D eigenvalue weighted by atomic mass is 9.78. The minimum absolute atomic E-state index is 0.0423. The number of nitrogens with one attached hydrogen (secondary N) is 2. The van der Waals surface area contributed by atoms with E-state index in [1.165, 1.54) is 13.5 Å². The third-order valence-electron chi connectivity index (χ3n) is 3.96. The van der Waals surface area contributed by atoms with Crippen LogP contribution in [-0.4, -0.2) is 42.9 Å². The lowest BCUT2D eigenvalue weighted by Crippen LogP contribution is -2.53. The molecule has 0 radical (unpaired) electrons. The summed E-state index contributed by atoms with van der Waals surface area (Å²) in [7, 11) is 1.40. The third kappa shape index (κ3) is 4.70. The first-order valence-electron chi connectivity index (χ1n) is 6.74. The molecular formula is C13H24N2O4. The average molecular weight is 272 g/mol. The maximum atomic E-state index is 11.8. The average Bonchev–Trinajstić information content (AvgIpc) is 2.34. The van der Waals surface area contributed by atoms with E-state index in [0.717, 1.165) is 12.8 Å². The monoisotopic (exact) mass is 272 g/mol. The van der Waals surface area contributed by atoms with E-state index >= 15 is 0 Å². The second-order valence-corrected chi connectivity index (χ2v) is 5.34. The van der Waals surface area contributed by atoms with Crippen molar-refractivity contribution < 1.29 is 19.4 Å². The summed E-state index contributed by atoms with van der Waals surface area (Å²) in [6, 6.07) is -1.34. The van der Waals surface area contributed by atoms with Gasteiger partial charge in [-0.15, -0.1) is 0 Å². The van der Waals surface area contributed by atoms with Crippen molar-refractivity contribution in [3.63, 3.8) is 0 Å². The number of aliphatic carboxylic acids is 1. The smallest absolute Gasteiger partial charge is 0.328 e. The van der Waals surface area contributed by atoms with Crippen LogP contribution in [0.2, 0.25) is 0 Å². The number of amides is 2. The molecule has 0 heterocycles. The van der Waals surface area contributed by atoms with E-state index in [-0.39, 0.29) is 12.6 Å². The highest BCUT2D eigenvalue weighted by molar-refractivity contribution is 5.82. The highest BCUT2D eigenvalue weighted by Crippen LogP contribution is 2.29.